The van der Waals surface area contributed by atoms with Crippen molar-refractivity contribution in [2.75, 3.05) is 0 Å². The number of phenols is 2. The Hall–Kier alpha value is -3.94. The summed E-state index contributed by atoms with van der Waals surface area (Å²) in [6.07, 6.45) is -11.9. The van der Waals surface area contributed by atoms with Gasteiger partial charge in [-0.05, 0) is 47.2 Å². The Morgan fingerprint density at radius 1 is 0.486 bits per heavy atom. The Morgan fingerprint density at radius 3 is 1.11 bits per heavy atom. The summed E-state index contributed by atoms with van der Waals surface area (Å²) in [5.41, 5.74) is -6.25. The summed E-state index contributed by atoms with van der Waals surface area (Å²) >= 11 is 0. The van der Waals surface area contributed by atoms with Crippen LogP contribution in [-0.4, -0.2) is 22.6 Å². The van der Waals surface area contributed by atoms with Crippen LogP contribution in [-0.2, 0) is 5.41 Å². The second-order valence-corrected chi connectivity index (χ2v) is 8.75. The number of alkyl halides is 6. The average molecular weight is 516 g/mol. The third-order valence-electron chi connectivity index (χ3n) is 6.69. The number of hydrogen-bond donors (Lipinski definition) is 2. The first kappa shape index (κ1) is 26.1. The van der Waals surface area contributed by atoms with Crippen molar-refractivity contribution in [1.29, 1.82) is 0 Å². The Morgan fingerprint density at radius 2 is 0.811 bits per heavy atom. The monoisotopic (exact) mass is 516 g/mol. The molecular weight excluding hydrogens is 494 g/mol. The minimum atomic E-state index is -5.97. The summed E-state index contributed by atoms with van der Waals surface area (Å²) < 4.78 is 88.6. The predicted molar refractivity (Wildman–Crippen MR) is 129 cm³/mol. The maximum absolute atomic E-state index is 14.8. The van der Waals surface area contributed by atoms with Crippen molar-refractivity contribution < 1.29 is 36.6 Å². The predicted octanol–water partition coefficient (Wildman–Crippen LogP) is 8.46. The lowest BCUT2D eigenvalue weighted by Crippen LogP contribution is -2.55. The first-order valence-electron chi connectivity index (χ1n) is 11.2. The molecule has 0 heterocycles. The second-order valence-electron chi connectivity index (χ2n) is 8.75. The van der Waals surface area contributed by atoms with Crippen molar-refractivity contribution in [3.63, 3.8) is 0 Å². The van der Waals surface area contributed by atoms with Gasteiger partial charge < -0.3 is 10.2 Å². The van der Waals surface area contributed by atoms with E-state index in [0.717, 1.165) is 12.1 Å². The van der Waals surface area contributed by atoms with E-state index in [1.54, 1.807) is 60.7 Å². The molecule has 4 rings (SSSR count). The van der Waals surface area contributed by atoms with Gasteiger partial charge in [0, 0.05) is 11.1 Å². The minimum absolute atomic E-state index is 0.154. The molecule has 0 atom stereocenters. The molecule has 0 aliphatic heterocycles. The minimum Gasteiger partial charge on any atom is -0.507 e. The van der Waals surface area contributed by atoms with Crippen molar-refractivity contribution in [3.8, 4) is 33.8 Å². The van der Waals surface area contributed by atoms with Gasteiger partial charge in [-0.15, -0.1) is 0 Å². The highest BCUT2D eigenvalue weighted by molar-refractivity contribution is 5.75. The number of aromatic hydroxyl groups is 2. The zero-order valence-corrected chi connectivity index (χ0v) is 19.7. The van der Waals surface area contributed by atoms with Gasteiger partial charge in [0.2, 0.25) is 5.41 Å². The Kier molecular flexibility index (Phi) is 6.48. The largest absolute Gasteiger partial charge is 0.507 e. The average Bonchev–Trinajstić information content (AvgIpc) is 2.84. The van der Waals surface area contributed by atoms with Crippen LogP contribution in [0.5, 0.6) is 11.5 Å². The molecule has 4 aromatic rings. The number of rotatable bonds is 4. The van der Waals surface area contributed by atoms with Crippen molar-refractivity contribution in [3.05, 3.63) is 107 Å². The van der Waals surface area contributed by atoms with Gasteiger partial charge in [-0.2, -0.15) is 26.3 Å². The first-order chi connectivity index (χ1) is 17.3. The molecule has 37 heavy (non-hydrogen) atoms. The molecule has 0 unspecified atom stereocenters. The molecule has 0 aliphatic carbocycles. The summed E-state index contributed by atoms with van der Waals surface area (Å²) in [4.78, 5) is 0. The summed E-state index contributed by atoms with van der Waals surface area (Å²) in [7, 11) is 0. The van der Waals surface area contributed by atoms with Crippen molar-refractivity contribution in [1.82, 2.24) is 0 Å². The second kappa shape index (κ2) is 9.18. The molecule has 0 amide bonds. The number of phenolic OH excluding ortho intramolecular Hbond substituents is 2. The molecule has 0 aliphatic rings. The molecule has 0 bridgehead atoms. The molecule has 0 fully saturated rings. The molecule has 192 valence electrons. The van der Waals surface area contributed by atoms with E-state index in [-0.39, 0.29) is 22.3 Å². The Balaban J connectivity index is 2.06. The van der Waals surface area contributed by atoms with Gasteiger partial charge in [0.15, 0.2) is 0 Å². The van der Waals surface area contributed by atoms with E-state index in [4.69, 9.17) is 0 Å². The molecule has 0 spiro atoms. The lowest BCUT2D eigenvalue weighted by atomic mass is 9.70. The highest BCUT2D eigenvalue weighted by Crippen LogP contribution is 2.61. The maximum Gasteiger partial charge on any atom is 0.411 e. The van der Waals surface area contributed by atoms with Gasteiger partial charge >= 0.3 is 12.4 Å². The van der Waals surface area contributed by atoms with E-state index in [1.807, 2.05) is 0 Å². The van der Waals surface area contributed by atoms with E-state index in [9.17, 15) is 36.6 Å². The van der Waals surface area contributed by atoms with Crippen LogP contribution in [0.2, 0.25) is 0 Å². The molecule has 8 heteroatoms. The standard InChI is InChI=1S/C29H22F6O2/c1-17-21(19-9-5-3-6-10-19)13-15-23(25(17)36)27(28(30,31)32,29(33,34)35)24-16-14-22(18(2)26(24)37)20-11-7-4-8-12-20/h3-16,36-37H,1-2H3. The quantitative estimate of drug-likeness (QED) is 0.267. The highest BCUT2D eigenvalue weighted by atomic mass is 19.4. The fourth-order valence-electron chi connectivity index (χ4n) is 4.78. The molecule has 0 aromatic heterocycles. The lowest BCUT2D eigenvalue weighted by molar-refractivity contribution is -0.289. The number of hydrogen-bond acceptors (Lipinski definition) is 2. The van der Waals surface area contributed by atoms with Gasteiger partial charge in [-0.25, -0.2) is 0 Å². The summed E-state index contributed by atoms with van der Waals surface area (Å²) in [5, 5.41) is 21.7. The van der Waals surface area contributed by atoms with Gasteiger partial charge in [-0.1, -0.05) is 84.9 Å². The van der Waals surface area contributed by atoms with Gasteiger partial charge in [0.1, 0.15) is 11.5 Å². The molecule has 4 aromatic carbocycles. The molecule has 0 saturated heterocycles. The fraction of sp³-hybridized carbons (Fsp3) is 0.172. The SMILES string of the molecule is Cc1c(-c2ccccc2)ccc(C(c2ccc(-c3ccccc3)c(C)c2O)(C(F)(F)F)C(F)(F)F)c1O. The summed E-state index contributed by atoms with van der Waals surface area (Å²) in [6.45, 7) is 2.50. The lowest BCUT2D eigenvalue weighted by Gasteiger charge is -2.39. The van der Waals surface area contributed by atoms with Crippen LogP contribution in [0.4, 0.5) is 26.3 Å². The van der Waals surface area contributed by atoms with E-state index in [2.05, 4.69) is 0 Å². The van der Waals surface area contributed by atoms with Gasteiger partial charge in [0.05, 0.1) is 0 Å². The zero-order chi connectivity index (χ0) is 27.2. The van der Waals surface area contributed by atoms with Gasteiger partial charge in [0.25, 0.3) is 0 Å². The van der Waals surface area contributed by atoms with E-state index in [1.165, 1.54) is 13.8 Å². The maximum atomic E-state index is 14.8. The Labute approximate surface area is 209 Å². The summed E-state index contributed by atoms with van der Waals surface area (Å²) in [6, 6.07) is 20.0. The normalized spacial score (nSPS) is 12.5. The van der Waals surface area contributed by atoms with Crippen molar-refractivity contribution in [2.45, 2.75) is 31.6 Å². The van der Waals surface area contributed by atoms with Crippen LogP contribution in [0, 0.1) is 13.8 Å². The Bertz CT molecular complexity index is 1310. The van der Waals surface area contributed by atoms with Crippen molar-refractivity contribution >= 4 is 0 Å². The third kappa shape index (κ3) is 4.10. The van der Waals surface area contributed by atoms with Crippen LogP contribution in [0.15, 0.2) is 84.9 Å². The zero-order valence-electron chi connectivity index (χ0n) is 19.7. The van der Waals surface area contributed by atoms with Crippen LogP contribution in [0.1, 0.15) is 22.3 Å². The highest BCUT2D eigenvalue weighted by Gasteiger charge is 2.74. The number of benzene rings is 4. The van der Waals surface area contributed by atoms with Crippen molar-refractivity contribution in [2.24, 2.45) is 0 Å². The molecular formula is C29H22F6O2. The van der Waals surface area contributed by atoms with Crippen LogP contribution in [0.3, 0.4) is 0 Å². The fourth-order valence-corrected chi connectivity index (χ4v) is 4.78. The molecule has 2 nitrogen and oxygen atoms in total. The van der Waals surface area contributed by atoms with E-state index >= 15 is 0 Å². The van der Waals surface area contributed by atoms with Crippen LogP contribution >= 0.6 is 0 Å². The smallest absolute Gasteiger partial charge is 0.411 e. The van der Waals surface area contributed by atoms with Gasteiger partial charge in [-0.3, -0.25) is 0 Å². The van der Waals surface area contributed by atoms with Crippen LogP contribution < -0.4 is 0 Å². The third-order valence-corrected chi connectivity index (χ3v) is 6.69. The molecule has 2 N–H and O–H groups in total. The summed E-state index contributed by atoms with van der Waals surface area (Å²) in [5.74, 6) is -2.31. The van der Waals surface area contributed by atoms with E-state index in [0.29, 0.717) is 23.3 Å². The van der Waals surface area contributed by atoms with E-state index < -0.39 is 40.4 Å². The molecule has 0 saturated carbocycles. The number of halogens is 6. The topological polar surface area (TPSA) is 40.5 Å². The first-order valence-corrected chi connectivity index (χ1v) is 11.2. The molecule has 0 radical (unpaired) electrons. The van der Waals surface area contributed by atoms with Crippen LogP contribution in [0.25, 0.3) is 22.3 Å².